The van der Waals surface area contributed by atoms with Crippen molar-refractivity contribution in [3.8, 4) is 0 Å². The van der Waals surface area contributed by atoms with Gasteiger partial charge in [0.2, 0.25) is 0 Å². The Hall–Kier alpha value is -1.49. The number of benzene rings is 1. The summed E-state index contributed by atoms with van der Waals surface area (Å²) < 4.78 is 26.4. The van der Waals surface area contributed by atoms with Crippen molar-refractivity contribution in [2.75, 3.05) is 0 Å². The highest BCUT2D eigenvalue weighted by atomic mass is 19.3. The Morgan fingerprint density at radius 2 is 2.13 bits per heavy atom. The molecule has 0 unspecified atom stereocenters. The normalized spacial score (nSPS) is 22.5. The molecule has 2 rings (SSSR count). The van der Waals surface area contributed by atoms with Gasteiger partial charge in [0.05, 0.1) is 11.7 Å². The van der Waals surface area contributed by atoms with Crippen molar-refractivity contribution in [3.63, 3.8) is 0 Å². The summed E-state index contributed by atoms with van der Waals surface area (Å²) in [4.78, 5) is 10.6. The van der Waals surface area contributed by atoms with Crippen molar-refractivity contribution in [2.24, 2.45) is 0 Å². The maximum Gasteiger partial charge on any atom is 0.335 e. The zero-order chi connectivity index (χ0) is 11.2. The molecule has 0 aromatic heterocycles. The van der Waals surface area contributed by atoms with Gasteiger partial charge >= 0.3 is 5.97 Å². The first-order chi connectivity index (χ1) is 6.92. The maximum atomic E-state index is 13.2. The van der Waals surface area contributed by atoms with Crippen molar-refractivity contribution in [2.45, 2.75) is 18.4 Å². The van der Waals surface area contributed by atoms with Crippen LogP contribution in [0, 0.1) is 0 Å². The molecule has 1 aliphatic rings. The van der Waals surface area contributed by atoms with Crippen molar-refractivity contribution >= 4 is 5.97 Å². The molecule has 3 nitrogen and oxygen atoms in total. The van der Waals surface area contributed by atoms with Gasteiger partial charge in [-0.15, -0.1) is 0 Å². The third kappa shape index (κ3) is 1.48. The van der Waals surface area contributed by atoms with E-state index in [9.17, 15) is 18.7 Å². The summed E-state index contributed by atoms with van der Waals surface area (Å²) in [5.41, 5.74) is -0.356. The van der Waals surface area contributed by atoms with E-state index in [4.69, 9.17) is 5.11 Å². The van der Waals surface area contributed by atoms with Gasteiger partial charge in [0, 0.05) is 12.0 Å². The van der Waals surface area contributed by atoms with Crippen molar-refractivity contribution in [1.82, 2.24) is 0 Å². The predicted octanol–water partition coefficient (Wildman–Crippen LogP) is 1.91. The van der Waals surface area contributed by atoms with Crippen LogP contribution in [0.5, 0.6) is 0 Å². The maximum absolute atomic E-state index is 13.2. The highest BCUT2D eigenvalue weighted by Gasteiger charge is 2.44. The predicted molar refractivity (Wildman–Crippen MR) is 46.9 cm³/mol. The van der Waals surface area contributed by atoms with E-state index in [1.807, 2.05) is 0 Å². The van der Waals surface area contributed by atoms with Gasteiger partial charge in [-0.05, 0) is 17.7 Å². The number of aliphatic hydroxyl groups is 1. The van der Waals surface area contributed by atoms with Crippen LogP contribution in [0.25, 0.3) is 0 Å². The van der Waals surface area contributed by atoms with Crippen LogP contribution >= 0.6 is 0 Å². The first-order valence-electron chi connectivity index (χ1n) is 4.35. The van der Waals surface area contributed by atoms with E-state index in [1.54, 1.807) is 0 Å². The van der Waals surface area contributed by atoms with Gasteiger partial charge in [0.25, 0.3) is 5.92 Å². The molecule has 15 heavy (non-hydrogen) atoms. The number of aliphatic hydroxyl groups excluding tert-OH is 1. The molecule has 0 amide bonds. The minimum atomic E-state index is -3.06. The largest absolute Gasteiger partial charge is 0.478 e. The third-order valence-electron chi connectivity index (χ3n) is 2.50. The topological polar surface area (TPSA) is 57.5 Å². The van der Waals surface area contributed by atoms with E-state index in [0.29, 0.717) is 0 Å². The minimum Gasteiger partial charge on any atom is -0.478 e. The SMILES string of the molecule is O=C(O)c1ccc2c(c1)[C@H](O)CC2(F)F. The van der Waals surface area contributed by atoms with Gasteiger partial charge in [-0.2, -0.15) is 0 Å². The zero-order valence-corrected chi connectivity index (χ0v) is 7.58. The lowest BCUT2D eigenvalue weighted by Crippen LogP contribution is -2.08. The lowest BCUT2D eigenvalue weighted by atomic mass is 10.0. The summed E-state index contributed by atoms with van der Waals surface area (Å²) in [7, 11) is 0. The van der Waals surface area contributed by atoms with Crippen LogP contribution < -0.4 is 0 Å². The van der Waals surface area contributed by atoms with Gasteiger partial charge < -0.3 is 10.2 Å². The van der Waals surface area contributed by atoms with Gasteiger partial charge in [-0.3, -0.25) is 0 Å². The molecule has 5 heteroatoms. The summed E-state index contributed by atoms with van der Waals surface area (Å²) in [5, 5.41) is 18.0. The average molecular weight is 214 g/mol. The summed E-state index contributed by atoms with van der Waals surface area (Å²) in [6, 6.07) is 3.28. The van der Waals surface area contributed by atoms with E-state index in [1.165, 1.54) is 0 Å². The molecule has 1 aromatic rings. The third-order valence-corrected chi connectivity index (χ3v) is 2.50. The van der Waals surface area contributed by atoms with E-state index in [2.05, 4.69) is 0 Å². The van der Waals surface area contributed by atoms with Crippen LogP contribution in [0.4, 0.5) is 8.78 Å². The van der Waals surface area contributed by atoms with Gasteiger partial charge in [-0.1, -0.05) is 6.07 Å². The second-order valence-electron chi connectivity index (χ2n) is 3.53. The fourth-order valence-corrected chi connectivity index (χ4v) is 1.77. The summed E-state index contributed by atoms with van der Waals surface area (Å²) in [6.07, 6.45) is -1.96. The van der Waals surface area contributed by atoms with Crippen LogP contribution in [0.1, 0.15) is 34.0 Å². The number of carbonyl (C=O) groups is 1. The number of hydrogen-bond donors (Lipinski definition) is 2. The summed E-state index contributed by atoms with van der Waals surface area (Å²) in [6.45, 7) is 0. The second-order valence-corrected chi connectivity index (χ2v) is 3.53. The first-order valence-corrected chi connectivity index (χ1v) is 4.35. The number of halogens is 2. The molecule has 0 radical (unpaired) electrons. The monoisotopic (exact) mass is 214 g/mol. The highest BCUT2D eigenvalue weighted by molar-refractivity contribution is 5.88. The van der Waals surface area contributed by atoms with Crippen molar-refractivity contribution < 1.29 is 23.8 Å². The quantitative estimate of drug-likeness (QED) is 0.750. The molecule has 0 aliphatic heterocycles. The molecular weight excluding hydrogens is 206 g/mol. The Bertz CT molecular complexity index is 429. The molecule has 0 heterocycles. The molecule has 1 aromatic carbocycles. The van der Waals surface area contributed by atoms with Crippen LogP contribution in [-0.2, 0) is 5.92 Å². The number of carboxylic acid groups (broad SMARTS) is 1. The van der Waals surface area contributed by atoms with Crippen LogP contribution in [0.2, 0.25) is 0 Å². The standard InChI is InChI=1S/C10H8F2O3/c11-10(12)4-8(13)6-3-5(9(14)15)1-2-7(6)10/h1-3,8,13H,4H2,(H,14,15)/t8-/m1/s1. The molecule has 1 aliphatic carbocycles. The zero-order valence-electron chi connectivity index (χ0n) is 7.58. The number of carboxylic acids is 1. The molecule has 0 spiro atoms. The Morgan fingerprint density at radius 1 is 1.47 bits per heavy atom. The minimum absolute atomic E-state index is 0.0138. The fourth-order valence-electron chi connectivity index (χ4n) is 1.77. The lowest BCUT2D eigenvalue weighted by molar-refractivity contribution is -0.0294. The average Bonchev–Trinajstić information content (AvgIpc) is 2.37. The second kappa shape index (κ2) is 3.00. The molecule has 1 atom stereocenters. The Kier molecular flexibility index (Phi) is 2.01. The van der Waals surface area contributed by atoms with E-state index in [-0.39, 0.29) is 16.7 Å². The van der Waals surface area contributed by atoms with Crippen LogP contribution in [0.3, 0.4) is 0 Å². The molecule has 80 valence electrons. The first kappa shape index (κ1) is 10.0. The van der Waals surface area contributed by atoms with Gasteiger partial charge in [0.1, 0.15) is 0 Å². The smallest absolute Gasteiger partial charge is 0.335 e. The summed E-state index contributed by atoms with van der Waals surface area (Å²) in [5.74, 6) is -4.26. The molecular formula is C10H8F2O3. The number of alkyl halides is 2. The Morgan fingerprint density at radius 3 is 2.73 bits per heavy atom. The van der Waals surface area contributed by atoms with Crippen molar-refractivity contribution in [1.29, 1.82) is 0 Å². The van der Waals surface area contributed by atoms with E-state index >= 15 is 0 Å². The Labute approximate surface area is 84.0 Å². The molecule has 0 bridgehead atoms. The molecule has 0 fully saturated rings. The number of rotatable bonds is 1. The van der Waals surface area contributed by atoms with Crippen LogP contribution in [-0.4, -0.2) is 16.2 Å². The lowest BCUT2D eigenvalue weighted by Gasteiger charge is -2.08. The van der Waals surface area contributed by atoms with Crippen LogP contribution in [0.15, 0.2) is 18.2 Å². The van der Waals surface area contributed by atoms with E-state index in [0.717, 1.165) is 18.2 Å². The molecule has 0 saturated heterocycles. The van der Waals surface area contributed by atoms with E-state index < -0.39 is 24.4 Å². The van der Waals surface area contributed by atoms with Gasteiger partial charge in [-0.25, -0.2) is 13.6 Å². The summed E-state index contributed by atoms with van der Waals surface area (Å²) >= 11 is 0. The number of fused-ring (bicyclic) bond motifs is 1. The molecule has 2 N–H and O–H groups in total. The van der Waals surface area contributed by atoms with Gasteiger partial charge in [0.15, 0.2) is 0 Å². The molecule has 0 saturated carbocycles. The highest BCUT2D eigenvalue weighted by Crippen LogP contribution is 2.47. The Balaban J connectivity index is 2.55. The number of hydrogen-bond acceptors (Lipinski definition) is 2. The van der Waals surface area contributed by atoms with Crippen molar-refractivity contribution in [3.05, 3.63) is 34.9 Å². The number of aromatic carboxylic acids is 1. The fraction of sp³-hybridized carbons (Fsp3) is 0.300.